The van der Waals surface area contributed by atoms with Gasteiger partial charge in [0.25, 0.3) is 0 Å². The molecule has 0 radical (unpaired) electrons. The summed E-state index contributed by atoms with van der Waals surface area (Å²) in [6, 6.07) is 13.1. The first-order valence-electron chi connectivity index (χ1n) is 9.22. The lowest BCUT2D eigenvalue weighted by atomic mass is 10.1. The first-order valence-corrected chi connectivity index (χ1v) is 10.0. The van der Waals surface area contributed by atoms with Gasteiger partial charge >= 0.3 is 0 Å². The minimum atomic E-state index is 0.0754. The first-order chi connectivity index (χ1) is 14.6. The molecular formula is C22H20N4O3S. The van der Waals surface area contributed by atoms with Gasteiger partial charge in [0.2, 0.25) is 0 Å². The van der Waals surface area contributed by atoms with Crippen LogP contribution < -0.4 is 9.47 Å². The summed E-state index contributed by atoms with van der Waals surface area (Å²) in [5, 5.41) is 18.5. The molecule has 0 bridgehead atoms. The molecule has 0 atom stereocenters. The zero-order valence-corrected chi connectivity index (χ0v) is 17.6. The van der Waals surface area contributed by atoms with Crippen molar-refractivity contribution in [2.75, 3.05) is 14.2 Å². The maximum absolute atomic E-state index is 9.90. The van der Waals surface area contributed by atoms with Gasteiger partial charge in [-0.25, -0.2) is 9.97 Å². The van der Waals surface area contributed by atoms with Crippen molar-refractivity contribution in [2.45, 2.75) is 13.5 Å². The summed E-state index contributed by atoms with van der Waals surface area (Å²) in [6.45, 7) is 2.36. The van der Waals surface area contributed by atoms with Gasteiger partial charge < -0.3 is 14.6 Å². The van der Waals surface area contributed by atoms with Gasteiger partial charge in [-0.3, -0.25) is 0 Å². The van der Waals surface area contributed by atoms with Crippen molar-refractivity contribution in [3.8, 4) is 27.7 Å². The molecule has 7 nitrogen and oxygen atoms in total. The number of aromatic nitrogens is 2. The SMILES string of the molecule is COc1cccc(-c2sc3c(N=NCc4ccc(OC)c(O)c4)ncnc3c2C)c1. The van der Waals surface area contributed by atoms with E-state index in [2.05, 4.69) is 20.2 Å². The van der Waals surface area contributed by atoms with E-state index >= 15 is 0 Å². The number of hydrogen-bond acceptors (Lipinski definition) is 8. The van der Waals surface area contributed by atoms with Crippen molar-refractivity contribution in [3.63, 3.8) is 0 Å². The molecule has 4 rings (SSSR count). The Balaban J connectivity index is 1.65. The molecule has 2 heterocycles. The van der Waals surface area contributed by atoms with Crippen LogP contribution in [0.25, 0.3) is 20.7 Å². The molecule has 30 heavy (non-hydrogen) atoms. The molecule has 0 amide bonds. The maximum Gasteiger partial charge on any atom is 0.195 e. The number of fused-ring (bicyclic) bond motifs is 1. The molecule has 0 aliphatic heterocycles. The molecule has 1 N–H and O–H groups in total. The fourth-order valence-electron chi connectivity index (χ4n) is 3.14. The molecule has 8 heteroatoms. The minimum absolute atomic E-state index is 0.0754. The molecule has 2 aromatic heterocycles. The molecule has 2 aromatic carbocycles. The summed E-state index contributed by atoms with van der Waals surface area (Å²) in [7, 11) is 3.17. The number of benzene rings is 2. The average molecular weight is 420 g/mol. The van der Waals surface area contributed by atoms with Gasteiger partial charge in [-0.05, 0) is 47.9 Å². The highest BCUT2D eigenvalue weighted by Crippen LogP contribution is 2.41. The van der Waals surface area contributed by atoms with E-state index in [4.69, 9.17) is 9.47 Å². The summed E-state index contributed by atoms with van der Waals surface area (Å²) in [5.41, 5.74) is 3.82. The van der Waals surface area contributed by atoms with Gasteiger partial charge in [0.1, 0.15) is 16.8 Å². The van der Waals surface area contributed by atoms with Crippen LogP contribution in [-0.4, -0.2) is 29.3 Å². The van der Waals surface area contributed by atoms with Crippen molar-refractivity contribution >= 4 is 27.4 Å². The Kier molecular flexibility index (Phi) is 5.58. The van der Waals surface area contributed by atoms with Crippen LogP contribution in [0.4, 0.5) is 5.82 Å². The van der Waals surface area contributed by atoms with Crippen molar-refractivity contribution < 1.29 is 14.6 Å². The highest BCUT2D eigenvalue weighted by atomic mass is 32.1. The van der Waals surface area contributed by atoms with Gasteiger partial charge in [-0.15, -0.1) is 16.5 Å². The second-order valence-corrected chi connectivity index (χ2v) is 7.59. The largest absolute Gasteiger partial charge is 0.504 e. The Bertz CT molecular complexity index is 1240. The van der Waals surface area contributed by atoms with Gasteiger partial charge in [-0.2, -0.15) is 5.11 Å². The van der Waals surface area contributed by atoms with Crippen LogP contribution in [0.2, 0.25) is 0 Å². The lowest BCUT2D eigenvalue weighted by Gasteiger charge is -2.03. The number of aromatic hydroxyl groups is 1. The highest BCUT2D eigenvalue weighted by molar-refractivity contribution is 7.23. The molecule has 0 saturated heterocycles. The number of ether oxygens (including phenoxy) is 2. The Morgan fingerprint density at radius 3 is 2.70 bits per heavy atom. The monoisotopic (exact) mass is 420 g/mol. The summed E-state index contributed by atoms with van der Waals surface area (Å²) in [6.07, 6.45) is 1.50. The van der Waals surface area contributed by atoms with Crippen molar-refractivity contribution in [1.29, 1.82) is 0 Å². The van der Waals surface area contributed by atoms with Gasteiger partial charge in [0.05, 0.1) is 26.3 Å². The van der Waals surface area contributed by atoms with E-state index < -0.39 is 0 Å². The first kappa shape index (κ1) is 19.8. The molecule has 0 unspecified atom stereocenters. The van der Waals surface area contributed by atoms with Gasteiger partial charge in [-0.1, -0.05) is 18.2 Å². The molecule has 152 valence electrons. The zero-order chi connectivity index (χ0) is 21.1. The number of hydrogen-bond donors (Lipinski definition) is 1. The zero-order valence-electron chi connectivity index (χ0n) is 16.8. The lowest BCUT2D eigenvalue weighted by molar-refractivity contribution is 0.373. The standard InChI is InChI=1S/C22H20N4O3S/c1-13-19-21(30-20(13)15-5-4-6-16(10-15)28-2)22(24-12-23-19)26-25-11-14-7-8-18(29-3)17(27)9-14/h4-10,12,27H,11H2,1-3H3. The van der Waals surface area contributed by atoms with E-state index in [9.17, 15) is 5.11 Å². The molecule has 0 aliphatic rings. The van der Waals surface area contributed by atoms with Crippen LogP contribution >= 0.6 is 11.3 Å². The number of phenols is 1. The third-order valence-electron chi connectivity index (χ3n) is 4.68. The van der Waals surface area contributed by atoms with E-state index in [1.54, 1.807) is 30.6 Å². The van der Waals surface area contributed by atoms with E-state index in [1.807, 2.05) is 37.3 Å². The van der Waals surface area contributed by atoms with Crippen molar-refractivity contribution in [3.05, 3.63) is 59.9 Å². The third kappa shape index (κ3) is 3.81. The van der Waals surface area contributed by atoms with Crippen LogP contribution in [0, 0.1) is 6.92 Å². The topological polar surface area (TPSA) is 89.2 Å². The molecule has 0 saturated carbocycles. The van der Waals surface area contributed by atoms with Gasteiger partial charge in [0.15, 0.2) is 17.3 Å². The quantitative estimate of drug-likeness (QED) is 0.406. The number of azo groups is 1. The third-order valence-corrected chi connectivity index (χ3v) is 6.00. The van der Waals surface area contributed by atoms with Crippen LogP contribution in [0.15, 0.2) is 59.0 Å². The molecule has 0 fully saturated rings. The second-order valence-electron chi connectivity index (χ2n) is 6.57. The van der Waals surface area contributed by atoms with Crippen LogP contribution in [-0.2, 0) is 6.54 Å². The molecular weight excluding hydrogens is 400 g/mol. The fraction of sp³-hybridized carbons (Fsp3) is 0.182. The Labute approximate surface area is 177 Å². The van der Waals surface area contributed by atoms with Crippen molar-refractivity contribution in [1.82, 2.24) is 9.97 Å². The summed E-state index contributed by atoms with van der Waals surface area (Å²) >= 11 is 1.59. The Hall–Kier alpha value is -3.52. The van der Waals surface area contributed by atoms with Gasteiger partial charge in [0, 0.05) is 4.88 Å². The summed E-state index contributed by atoms with van der Waals surface area (Å²) < 4.78 is 11.3. The van der Waals surface area contributed by atoms with Crippen LogP contribution in [0.1, 0.15) is 11.1 Å². The highest BCUT2D eigenvalue weighted by Gasteiger charge is 2.15. The Morgan fingerprint density at radius 2 is 1.93 bits per heavy atom. The number of aryl methyl sites for hydroxylation is 1. The predicted octanol–water partition coefficient (Wildman–Crippen LogP) is 5.67. The normalized spacial score (nSPS) is 11.3. The van der Waals surface area contributed by atoms with E-state index in [1.165, 1.54) is 13.4 Å². The van der Waals surface area contributed by atoms with Crippen molar-refractivity contribution in [2.24, 2.45) is 10.2 Å². The van der Waals surface area contributed by atoms with E-state index in [0.717, 1.165) is 37.5 Å². The number of nitrogens with zero attached hydrogens (tertiary/aromatic N) is 4. The predicted molar refractivity (Wildman–Crippen MR) is 117 cm³/mol. The Morgan fingerprint density at radius 1 is 1.07 bits per heavy atom. The average Bonchev–Trinajstić information content (AvgIpc) is 3.11. The lowest BCUT2D eigenvalue weighted by Crippen LogP contribution is -1.86. The van der Waals surface area contributed by atoms with E-state index in [-0.39, 0.29) is 5.75 Å². The number of phenolic OH excluding ortho intramolecular Hbond substituents is 1. The second kappa shape index (κ2) is 8.46. The molecule has 0 aliphatic carbocycles. The summed E-state index contributed by atoms with van der Waals surface area (Å²) in [5.74, 6) is 1.83. The number of rotatable bonds is 6. The van der Waals surface area contributed by atoms with Crippen LogP contribution in [0.5, 0.6) is 17.2 Å². The van der Waals surface area contributed by atoms with E-state index in [0.29, 0.717) is 18.1 Å². The summed E-state index contributed by atoms with van der Waals surface area (Å²) in [4.78, 5) is 9.85. The molecule has 0 spiro atoms. The number of methoxy groups -OCH3 is 2. The maximum atomic E-state index is 9.90. The smallest absolute Gasteiger partial charge is 0.195 e. The molecule has 4 aromatic rings. The van der Waals surface area contributed by atoms with Crippen LogP contribution in [0.3, 0.4) is 0 Å². The number of thiophene rings is 1. The minimum Gasteiger partial charge on any atom is -0.504 e. The fourth-order valence-corrected chi connectivity index (χ4v) is 4.33.